The van der Waals surface area contributed by atoms with Gasteiger partial charge < -0.3 is 15.0 Å². The van der Waals surface area contributed by atoms with Crippen molar-refractivity contribution in [3.05, 3.63) is 53.1 Å². The van der Waals surface area contributed by atoms with Crippen LogP contribution in [0, 0.1) is 0 Å². The molecule has 1 aliphatic heterocycles. The maximum absolute atomic E-state index is 12.3. The maximum Gasteiger partial charge on any atom is 0.283 e. The molecule has 2 N–H and O–H groups in total. The van der Waals surface area contributed by atoms with Crippen LogP contribution < -0.4 is 4.90 Å². The minimum absolute atomic E-state index is 0.137. The monoisotopic (exact) mass is 368 g/mol. The quantitative estimate of drug-likeness (QED) is 0.663. The number of carbonyl (C=O) groups excluding carboxylic acids is 1. The molecule has 132 valence electrons. The van der Waals surface area contributed by atoms with Gasteiger partial charge in [-0.15, -0.1) is 10.2 Å². The zero-order chi connectivity index (χ0) is 18.1. The van der Waals surface area contributed by atoms with Crippen LogP contribution in [0.15, 0.2) is 52.7 Å². The molecule has 3 aromatic rings. The van der Waals surface area contributed by atoms with Crippen LogP contribution in [0.2, 0.25) is 5.02 Å². The van der Waals surface area contributed by atoms with Gasteiger partial charge in [0.05, 0.1) is 5.52 Å². The molecule has 0 saturated heterocycles. The second-order valence-corrected chi connectivity index (χ2v) is 6.70. The molecule has 2 heterocycles. The molecule has 7 heteroatoms. The van der Waals surface area contributed by atoms with Crippen LogP contribution in [0.1, 0.15) is 12.0 Å². The highest BCUT2D eigenvalue weighted by Crippen LogP contribution is 2.36. The number of benzene rings is 2. The van der Waals surface area contributed by atoms with Gasteiger partial charge in [0, 0.05) is 22.6 Å². The number of hydrogen-bond acceptors (Lipinski definition) is 4. The van der Waals surface area contributed by atoms with Crippen LogP contribution in [-0.2, 0) is 11.2 Å². The Labute approximate surface area is 155 Å². The van der Waals surface area contributed by atoms with Crippen LogP contribution >= 0.6 is 11.6 Å². The first-order valence-electron chi connectivity index (χ1n) is 8.39. The first-order valence-corrected chi connectivity index (χ1v) is 8.77. The molecule has 2 aromatic carbocycles. The number of anilines is 1. The summed E-state index contributed by atoms with van der Waals surface area (Å²) < 4.78 is 0. The molecule has 0 spiro atoms. The summed E-state index contributed by atoms with van der Waals surface area (Å²) in [5.41, 5.74) is 3.21. The molecule has 1 aliphatic rings. The van der Waals surface area contributed by atoms with Gasteiger partial charge in [0.2, 0.25) is 5.88 Å². The van der Waals surface area contributed by atoms with Crippen LogP contribution in [0.5, 0.6) is 5.88 Å². The van der Waals surface area contributed by atoms with Crippen molar-refractivity contribution in [3.8, 4) is 5.88 Å². The predicted octanol–water partition coefficient (Wildman–Crippen LogP) is 4.59. The fraction of sp³-hybridized carbons (Fsp3) is 0.211. The first-order chi connectivity index (χ1) is 12.6. The Balaban J connectivity index is 1.54. The molecule has 0 aliphatic carbocycles. The van der Waals surface area contributed by atoms with E-state index >= 15 is 0 Å². The van der Waals surface area contributed by atoms with Crippen molar-refractivity contribution >= 4 is 39.8 Å². The molecule has 6 nitrogen and oxygen atoms in total. The van der Waals surface area contributed by atoms with Crippen molar-refractivity contribution in [1.29, 1.82) is 0 Å². The number of aromatic hydroxyl groups is 1. The van der Waals surface area contributed by atoms with Gasteiger partial charge in [-0.2, -0.15) is 0 Å². The summed E-state index contributed by atoms with van der Waals surface area (Å²) in [5.74, 6) is -0.500. The lowest BCUT2D eigenvalue weighted by atomic mass is 10.0. The SMILES string of the molecule is O=C(CN1CCCc2ccccc21)N=Nc1c(O)[nH]c2ccc(Cl)cc12. The van der Waals surface area contributed by atoms with E-state index in [9.17, 15) is 9.90 Å². The predicted molar refractivity (Wildman–Crippen MR) is 101 cm³/mol. The molecule has 1 aromatic heterocycles. The molecule has 1 amide bonds. The lowest BCUT2D eigenvalue weighted by molar-refractivity contribution is -0.117. The molecule has 0 bridgehead atoms. The topological polar surface area (TPSA) is 81.1 Å². The molecule has 0 radical (unpaired) electrons. The zero-order valence-electron chi connectivity index (χ0n) is 13.9. The van der Waals surface area contributed by atoms with Gasteiger partial charge in [0.15, 0.2) is 5.69 Å². The number of carbonyl (C=O) groups is 1. The summed E-state index contributed by atoms with van der Waals surface area (Å²) >= 11 is 6.00. The lowest BCUT2D eigenvalue weighted by Gasteiger charge is -2.29. The van der Waals surface area contributed by atoms with Crippen molar-refractivity contribution in [3.63, 3.8) is 0 Å². The van der Waals surface area contributed by atoms with Gasteiger partial charge in [-0.3, -0.25) is 4.79 Å². The summed E-state index contributed by atoms with van der Waals surface area (Å²) in [6.45, 7) is 0.969. The zero-order valence-corrected chi connectivity index (χ0v) is 14.7. The van der Waals surface area contributed by atoms with E-state index in [1.807, 2.05) is 23.1 Å². The Hall–Kier alpha value is -2.86. The van der Waals surface area contributed by atoms with Gasteiger partial charge in [0.1, 0.15) is 6.54 Å². The van der Waals surface area contributed by atoms with E-state index in [-0.39, 0.29) is 24.0 Å². The Morgan fingerprint density at radius 1 is 1.27 bits per heavy atom. The van der Waals surface area contributed by atoms with E-state index in [0.717, 1.165) is 25.1 Å². The summed E-state index contributed by atoms with van der Waals surface area (Å²) in [7, 11) is 0. The van der Waals surface area contributed by atoms with E-state index in [4.69, 9.17) is 11.6 Å². The number of aryl methyl sites for hydroxylation is 1. The number of H-pyrrole nitrogens is 1. The number of nitrogens with one attached hydrogen (secondary N) is 1. The number of aromatic nitrogens is 1. The number of amides is 1. The van der Waals surface area contributed by atoms with Crippen molar-refractivity contribution in [1.82, 2.24) is 4.98 Å². The Bertz CT molecular complexity index is 1010. The first kappa shape index (κ1) is 16.6. The average molecular weight is 369 g/mol. The summed E-state index contributed by atoms with van der Waals surface area (Å²) in [6.07, 6.45) is 2.02. The van der Waals surface area contributed by atoms with Gasteiger partial charge >= 0.3 is 0 Å². The Kier molecular flexibility index (Phi) is 4.34. The van der Waals surface area contributed by atoms with Crippen LogP contribution in [0.3, 0.4) is 0 Å². The third-order valence-corrected chi connectivity index (χ3v) is 4.74. The summed E-state index contributed by atoms with van der Waals surface area (Å²) in [4.78, 5) is 17.1. The fourth-order valence-electron chi connectivity index (χ4n) is 3.31. The van der Waals surface area contributed by atoms with Gasteiger partial charge in [-0.05, 0) is 42.7 Å². The molecule has 0 saturated carbocycles. The number of aromatic amines is 1. The van der Waals surface area contributed by atoms with Gasteiger partial charge in [-0.25, -0.2) is 0 Å². The average Bonchev–Trinajstić information content (AvgIpc) is 2.95. The van der Waals surface area contributed by atoms with Gasteiger partial charge in [0.25, 0.3) is 5.91 Å². The van der Waals surface area contributed by atoms with Gasteiger partial charge in [-0.1, -0.05) is 29.8 Å². The second kappa shape index (κ2) is 6.80. The number of rotatable bonds is 3. The normalized spacial score (nSPS) is 14.1. The van der Waals surface area contributed by atoms with Crippen LogP contribution in [0.25, 0.3) is 10.9 Å². The van der Waals surface area contributed by atoms with Crippen molar-refractivity contribution in [2.75, 3.05) is 18.0 Å². The number of hydrogen-bond donors (Lipinski definition) is 2. The van der Waals surface area contributed by atoms with E-state index < -0.39 is 0 Å². The molecular formula is C19H17ClN4O2. The number of para-hydroxylation sites is 1. The van der Waals surface area contributed by atoms with E-state index in [2.05, 4.69) is 21.3 Å². The molecule has 0 unspecified atom stereocenters. The number of nitrogens with zero attached hydrogens (tertiary/aromatic N) is 3. The summed E-state index contributed by atoms with van der Waals surface area (Å²) in [6, 6.07) is 13.2. The van der Waals surface area contributed by atoms with Crippen LogP contribution in [0.4, 0.5) is 11.4 Å². The van der Waals surface area contributed by atoms with E-state index in [1.54, 1.807) is 18.2 Å². The molecule has 26 heavy (non-hydrogen) atoms. The highest BCUT2D eigenvalue weighted by atomic mass is 35.5. The van der Waals surface area contributed by atoms with Crippen molar-refractivity contribution in [2.24, 2.45) is 10.2 Å². The number of halogens is 1. The number of azo groups is 1. The molecule has 4 rings (SSSR count). The Morgan fingerprint density at radius 2 is 2.12 bits per heavy atom. The maximum atomic E-state index is 12.3. The standard InChI is InChI=1S/C19H17ClN4O2/c20-13-7-8-15-14(10-13)18(19(26)21-15)23-22-17(25)11-24-9-3-5-12-4-1-2-6-16(12)24/h1-2,4,6-8,10,21,26H,3,5,9,11H2. The third-order valence-electron chi connectivity index (χ3n) is 4.51. The van der Waals surface area contributed by atoms with Crippen molar-refractivity contribution in [2.45, 2.75) is 12.8 Å². The van der Waals surface area contributed by atoms with Crippen molar-refractivity contribution < 1.29 is 9.90 Å². The molecule has 0 atom stereocenters. The fourth-order valence-corrected chi connectivity index (χ4v) is 3.49. The van der Waals surface area contributed by atoms with Crippen LogP contribution in [-0.4, -0.2) is 29.1 Å². The minimum Gasteiger partial charge on any atom is -0.493 e. The largest absolute Gasteiger partial charge is 0.493 e. The highest BCUT2D eigenvalue weighted by molar-refractivity contribution is 6.31. The molecular weight excluding hydrogens is 352 g/mol. The Morgan fingerprint density at radius 3 is 3.00 bits per heavy atom. The van der Waals surface area contributed by atoms with E-state index in [1.165, 1.54) is 5.56 Å². The molecule has 0 fully saturated rings. The minimum atomic E-state index is -0.363. The third kappa shape index (κ3) is 3.15. The highest BCUT2D eigenvalue weighted by Gasteiger charge is 2.19. The lowest BCUT2D eigenvalue weighted by Crippen LogP contribution is -2.33. The summed E-state index contributed by atoms with van der Waals surface area (Å²) in [5, 5.41) is 18.9. The number of fused-ring (bicyclic) bond motifs is 2. The smallest absolute Gasteiger partial charge is 0.283 e. The van der Waals surface area contributed by atoms with E-state index in [0.29, 0.717) is 15.9 Å². The second-order valence-electron chi connectivity index (χ2n) is 6.26.